The number of thiazole rings is 1. The van der Waals surface area contributed by atoms with E-state index in [0.717, 1.165) is 15.2 Å². The Balaban J connectivity index is 1.61. The average Bonchev–Trinajstić information content (AvgIpc) is 3.09. The number of hydrogen-bond acceptors (Lipinski definition) is 4. The first-order valence-corrected chi connectivity index (χ1v) is 9.30. The van der Waals surface area contributed by atoms with Crippen LogP contribution in [0.15, 0.2) is 48.5 Å². The minimum atomic E-state index is -0.309. The Morgan fingerprint density at radius 3 is 2.58 bits per heavy atom. The molecular formula is C19H18ClN3O2S. The molecule has 0 aliphatic heterocycles. The monoisotopic (exact) mass is 387 g/mol. The van der Waals surface area contributed by atoms with Crippen LogP contribution in [0, 0.1) is 0 Å². The molecule has 1 N–H and O–H groups in total. The van der Waals surface area contributed by atoms with Gasteiger partial charge in [-0.3, -0.25) is 9.59 Å². The predicted molar refractivity (Wildman–Crippen MR) is 105 cm³/mol. The number of benzene rings is 2. The molecule has 0 bridgehead atoms. The van der Waals surface area contributed by atoms with Gasteiger partial charge in [0.05, 0.1) is 22.8 Å². The summed E-state index contributed by atoms with van der Waals surface area (Å²) < 4.78 is 1.09. The lowest BCUT2D eigenvalue weighted by Gasteiger charge is -2.23. The van der Waals surface area contributed by atoms with Crippen LogP contribution in [-0.4, -0.2) is 35.3 Å². The second-order valence-corrected chi connectivity index (χ2v) is 7.39. The minimum Gasteiger partial charge on any atom is -0.343 e. The molecule has 3 aromatic rings. The van der Waals surface area contributed by atoms with E-state index in [1.54, 1.807) is 47.5 Å². The van der Waals surface area contributed by atoms with Crippen LogP contribution in [-0.2, 0) is 4.79 Å². The van der Waals surface area contributed by atoms with Crippen molar-refractivity contribution in [2.45, 2.75) is 13.0 Å². The molecule has 0 unspecified atom stereocenters. The van der Waals surface area contributed by atoms with E-state index in [2.05, 4.69) is 10.3 Å². The highest BCUT2D eigenvalue weighted by molar-refractivity contribution is 7.18. The third kappa shape index (κ3) is 4.03. The second-order valence-electron chi connectivity index (χ2n) is 5.89. The zero-order valence-electron chi connectivity index (χ0n) is 14.4. The van der Waals surface area contributed by atoms with Gasteiger partial charge in [0.25, 0.3) is 5.91 Å². The Hall–Kier alpha value is -2.44. The van der Waals surface area contributed by atoms with E-state index >= 15 is 0 Å². The number of fused-ring (bicyclic) bond motifs is 1. The van der Waals surface area contributed by atoms with Gasteiger partial charge >= 0.3 is 0 Å². The lowest BCUT2D eigenvalue weighted by Crippen LogP contribution is -2.39. The number of halogens is 1. The maximum absolute atomic E-state index is 12.4. The number of likely N-dealkylation sites (N-methyl/N-ethyl adjacent to an activating group) is 1. The second kappa shape index (κ2) is 7.85. The van der Waals surface area contributed by atoms with Crippen molar-refractivity contribution in [1.29, 1.82) is 0 Å². The molecule has 1 atom stereocenters. The van der Waals surface area contributed by atoms with E-state index in [1.807, 2.05) is 31.2 Å². The standard InChI is InChI=1S/C19H18ClN3O2S/c1-12(19-22-15-5-3-4-6-16(15)26-19)23(2)17(24)11-21-18(25)13-7-9-14(20)10-8-13/h3-10,12H,11H2,1-2H3,(H,21,25)/t12-/m0/s1. The van der Waals surface area contributed by atoms with Crippen LogP contribution >= 0.6 is 22.9 Å². The summed E-state index contributed by atoms with van der Waals surface area (Å²) in [5, 5.41) is 4.07. The van der Waals surface area contributed by atoms with Gasteiger partial charge in [-0.1, -0.05) is 23.7 Å². The third-order valence-corrected chi connectivity index (χ3v) is 5.61. The van der Waals surface area contributed by atoms with Crippen molar-refractivity contribution in [2.24, 2.45) is 0 Å². The van der Waals surface area contributed by atoms with Crippen LogP contribution in [0.5, 0.6) is 0 Å². The molecule has 0 fully saturated rings. The molecule has 0 spiro atoms. The van der Waals surface area contributed by atoms with E-state index < -0.39 is 0 Å². The fraction of sp³-hybridized carbons (Fsp3) is 0.211. The summed E-state index contributed by atoms with van der Waals surface area (Å²) in [4.78, 5) is 30.7. The topological polar surface area (TPSA) is 62.3 Å². The summed E-state index contributed by atoms with van der Waals surface area (Å²) in [5.74, 6) is -0.491. The molecule has 2 amide bonds. The van der Waals surface area contributed by atoms with Crippen molar-refractivity contribution in [1.82, 2.24) is 15.2 Å². The van der Waals surface area contributed by atoms with Crippen LogP contribution in [0.4, 0.5) is 0 Å². The smallest absolute Gasteiger partial charge is 0.251 e. The molecule has 1 heterocycles. The molecule has 0 saturated carbocycles. The van der Waals surface area contributed by atoms with Crippen LogP contribution in [0.2, 0.25) is 5.02 Å². The Morgan fingerprint density at radius 1 is 1.19 bits per heavy atom. The van der Waals surface area contributed by atoms with Crippen molar-refractivity contribution < 1.29 is 9.59 Å². The van der Waals surface area contributed by atoms with Gasteiger partial charge < -0.3 is 10.2 Å². The molecule has 0 radical (unpaired) electrons. The quantitative estimate of drug-likeness (QED) is 0.722. The van der Waals surface area contributed by atoms with Gasteiger partial charge in [-0.25, -0.2) is 4.98 Å². The Morgan fingerprint density at radius 2 is 1.88 bits per heavy atom. The van der Waals surface area contributed by atoms with Crippen molar-refractivity contribution in [2.75, 3.05) is 13.6 Å². The first kappa shape index (κ1) is 18.4. The SMILES string of the molecule is C[C@@H](c1nc2ccccc2s1)N(C)C(=O)CNC(=O)c1ccc(Cl)cc1. The maximum Gasteiger partial charge on any atom is 0.251 e. The van der Waals surface area contributed by atoms with E-state index in [-0.39, 0.29) is 24.4 Å². The van der Waals surface area contributed by atoms with Crippen LogP contribution < -0.4 is 5.32 Å². The summed E-state index contributed by atoms with van der Waals surface area (Å²) in [6.07, 6.45) is 0. The fourth-order valence-corrected chi connectivity index (χ4v) is 3.62. The average molecular weight is 388 g/mol. The summed E-state index contributed by atoms with van der Waals surface area (Å²) in [7, 11) is 1.72. The maximum atomic E-state index is 12.4. The first-order chi connectivity index (χ1) is 12.5. The minimum absolute atomic E-state index is 0.0762. The van der Waals surface area contributed by atoms with Crippen LogP contribution in [0.25, 0.3) is 10.2 Å². The number of para-hydroxylation sites is 1. The lowest BCUT2D eigenvalue weighted by atomic mass is 10.2. The van der Waals surface area contributed by atoms with Gasteiger partial charge in [0.1, 0.15) is 5.01 Å². The van der Waals surface area contributed by atoms with Gasteiger partial charge in [-0.05, 0) is 43.3 Å². The number of rotatable bonds is 5. The number of hydrogen-bond donors (Lipinski definition) is 1. The molecular weight excluding hydrogens is 370 g/mol. The molecule has 0 aliphatic carbocycles. The number of aromatic nitrogens is 1. The van der Waals surface area contributed by atoms with Gasteiger partial charge in [0, 0.05) is 17.6 Å². The molecule has 134 valence electrons. The Labute approximate surface area is 160 Å². The van der Waals surface area contributed by atoms with Gasteiger partial charge in [0.2, 0.25) is 5.91 Å². The normalized spacial score (nSPS) is 12.0. The van der Waals surface area contributed by atoms with Crippen molar-refractivity contribution >= 4 is 45.0 Å². The van der Waals surface area contributed by atoms with Crippen LogP contribution in [0.3, 0.4) is 0 Å². The number of carbonyl (C=O) groups excluding carboxylic acids is 2. The van der Waals surface area contributed by atoms with E-state index in [4.69, 9.17) is 11.6 Å². The van der Waals surface area contributed by atoms with E-state index in [1.165, 1.54) is 0 Å². The highest BCUT2D eigenvalue weighted by Gasteiger charge is 2.21. The number of carbonyl (C=O) groups is 2. The molecule has 5 nitrogen and oxygen atoms in total. The predicted octanol–water partition coefficient (Wildman–Crippen LogP) is 3.90. The largest absolute Gasteiger partial charge is 0.343 e. The summed E-state index contributed by atoms with van der Waals surface area (Å²) in [5.41, 5.74) is 1.39. The van der Waals surface area contributed by atoms with Gasteiger partial charge in [-0.15, -0.1) is 11.3 Å². The fourth-order valence-electron chi connectivity index (χ4n) is 2.43. The van der Waals surface area contributed by atoms with Crippen molar-refractivity contribution in [3.05, 3.63) is 64.1 Å². The van der Waals surface area contributed by atoms with E-state index in [0.29, 0.717) is 10.6 Å². The number of nitrogens with one attached hydrogen (secondary N) is 1. The van der Waals surface area contributed by atoms with Crippen molar-refractivity contribution in [3.63, 3.8) is 0 Å². The molecule has 3 rings (SSSR count). The Bertz CT molecular complexity index is 906. The molecule has 0 saturated heterocycles. The zero-order chi connectivity index (χ0) is 18.7. The summed E-state index contributed by atoms with van der Waals surface area (Å²) in [6, 6.07) is 14.2. The van der Waals surface area contributed by atoms with Crippen LogP contribution in [0.1, 0.15) is 28.3 Å². The lowest BCUT2D eigenvalue weighted by molar-refractivity contribution is -0.130. The molecule has 26 heavy (non-hydrogen) atoms. The van der Waals surface area contributed by atoms with E-state index in [9.17, 15) is 9.59 Å². The Kier molecular flexibility index (Phi) is 5.54. The summed E-state index contributed by atoms with van der Waals surface area (Å²) in [6.45, 7) is 1.85. The van der Waals surface area contributed by atoms with Crippen molar-refractivity contribution in [3.8, 4) is 0 Å². The van der Waals surface area contributed by atoms with Gasteiger partial charge in [0.15, 0.2) is 0 Å². The third-order valence-electron chi connectivity index (χ3n) is 4.15. The van der Waals surface area contributed by atoms with Gasteiger partial charge in [-0.2, -0.15) is 0 Å². The molecule has 7 heteroatoms. The summed E-state index contributed by atoms with van der Waals surface area (Å²) >= 11 is 7.38. The zero-order valence-corrected chi connectivity index (χ0v) is 16.0. The number of nitrogens with zero attached hydrogens (tertiary/aromatic N) is 2. The molecule has 0 aliphatic rings. The number of amides is 2. The molecule has 1 aromatic heterocycles. The molecule has 2 aromatic carbocycles. The highest BCUT2D eigenvalue weighted by Crippen LogP contribution is 2.28. The highest BCUT2D eigenvalue weighted by atomic mass is 35.5. The first-order valence-electron chi connectivity index (χ1n) is 8.10.